The molecule has 0 saturated carbocycles. The molecule has 0 aliphatic rings. The monoisotopic (exact) mass is 566 g/mol. The first-order valence-electron chi connectivity index (χ1n) is 11.5. The molecule has 0 heterocycles. The molecule has 11 heteroatoms. The Bertz CT molecular complexity index is 975. The quantitative estimate of drug-likeness (QED) is 0.181. The normalized spacial score (nSPS) is 11.0. The van der Waals surface area contributed by atoms with Gasteiger partial charge in [0.2, 0.25) is 0 Å². The highest BCUT2D eigenvalue weighted by Crippen LogP contribution is 2.20. The average Bonchev–Trinajstić information content (AvgIpc) is 2.88. The van der Waals surface area contributed by atoms with Gasteiger partial charge in [-0.15, -0.1) is 0 Å². The molecule has 1 N–H and O–H groups in total. The van der Waals surface area contributed by atoms with Gasteiger partial charge in [-0.05, 0) is 33.8 Å². The van der Waals surface area contributed by atoms with Crippen LogP contribution in [0, 0.1) is 0 Å². The number of carboxylic acids is 1. The highest BCUT2D eigenvalue weighted by atomic mass is 28.4. The van der Waals surface area contributed by atoms with Crippen molar-refractivity contribution in [3.8, 4) is 0 Å². The maximum absolute atomic E-state index is 11.4. The van der Waals surface area contributed by atoms with Crippen molar-refractivity contribution in [2.24, 2.45) is 0 Å². The summed E-state index contributed by atoms with van der Waals surface area (Å²) in [5.74, 6) is -1.76. The van der Waals surface area contributed by atoms with Gasteiger partial charge in [-0.1, -0.05) is 68.3 Å². The van der Waals surface area contributed by atoms with Crippen molar-refractivity contribution < 1.29 is 42.2 Å². The second-order valence-corrected chi connectivity index (χ2v) is 16.1. The second-order valence-electron chi connectivity index (χ2n) is 8.68. The van der Waals surface area contributed by atoms with E-state index in [-0.39, 0.29) is 16.9 Å². The van der Waals surface area contributed by atoms with Gasteiger partial charge in [0.1, 0.15) is 8.07 Å². The van der Waals surface area contributed by atoms with Gasteiger partial charge >= 0.3 is 26.7 Å². The van der Waals surface area contributed by atoms with Crippen LogP contribution in [0.5, 0.6) is 0 Å². The minimum atomic E-state index is -3.08. The maximum atomic E-state index is 11.4. The van der Waals surface area contributed by atoms with Crippen LogP contribution >= 0.6 is 0 Å². The number of benzene rings is 1. The van der Waals surface area contributed by atoms with Crippen LogP contribution in [0.4, 0.5) is 0 Å². The molecule has 1 aromatic carbocycles. The second kappa shape index (κ2) is 18.2. The fourth-order valence-corrected chi connectivity index (χ4v) is 5.81. The molecule has 0 radical (unpaired) electrons. The summed E-state index contributed by atoms with van der Waals surface area (Å²) in [7, 11) is -0.425. The van der Waals surface area contributed by atoms with E-state index in [4.69, 9.17) is 27.9 Å². The van der Waals surface area contributed by atoms with E-state index in [1.807, 2.05) is 18.2 Å². The predicted molar refractivity (Wildman–Crippen MR) is 153 cm³/mol. The van der Waals surface area contributed by atoms with Crippen LogP contribution in [-0.2, 0) is 37.1 Å². The van der Waals surface area contributed by atoms with Crippen LogP contribution in [0.15, 0.2) is 78.2 Å². The molecule has 0 saturated heterocycles. The number of hydrogen-bond acceptors (Lipinski definition) is 8. The Labute approximate surface area is 228 Å². The lowest BCUT2D eigenvalue weighted by molar-refractivity contribution is -0.137. The number of rotatable bonds is 11. The van der Waals surface area contributed by atoms with Crippen LogP contribution < -0.4 is 5.19 Å². The molecule has 1 aromatic rings. The smallest absolute Gasteiger partial charge is 0.478 e. The third-order valence-corrected chi connectivity index (χ3v) is 10.1. The Morgan fingerprint density at radius 3 is 1.58 bits per heavy atom. The largest absolute Gasteiger partial charge is 0.573 e. The van der Waals surface area contributed by atoms with E-state index in [0.717, 1.165) is 0 Å². The SMILES string of the molecule is C=C(C)C(=O)O.C=C(C)C(=O)OC(=CC)[Si](OC)(OC)OC.C=C(C)C(=O)OC[Si](C)(C)c1ccccc1. The van der Waals surface area contributed by atoms with Gasteiger partial charge in [0.15, 0.2) is 5.38 Å². The lowest BCUT2D eigenvalue weighted by atomic mass is 10.4. The van der Waals surface area contributed by atoms with Crippen LogP contribution in [0.1, 0.15) is 27.7 Å². The molecule has 0 bridgehead atoms. The molecule has 0 aliphatic carbocycles. The molecule has 0 spiro atoms. The van der Waals surface area contributed by atoms with Crippen molar-refractivity contribution in [3.63, 3.8) is 0 Å². The molecule has 9 nitrogen and oxygen atoms in total. The van der Waals surface area contributed by atoms with Gasteiger partial charge in [0.05, 0.1) is 6.23 Å². The number of carbonyl (C=O) groups excluding carboxylic acids is 2. The van der Waals surface area contributed by atoms with E-state index in [0.29, 0.717) is 17.4 Å². The van der Waals surface area contributed by atoms with Gasteiger partial charge in [-0.3, -0.25) is 0 Å². The Morgan fingerprint density at radius 1 is 0.842 bits per heavy atom. The van der Waals surface area contributed by atoms with Crippen LogP contribution in [0.2, 0.25) is 13.1 Å². The molecule has 0 atom stereocenters. The first-order valence-corrected chi connectivity index (χ1v) is 16.4. The number of carbonyl (C=O) groups is 3. The van der Waals surface area contributed by atoms with E-state index >= 15 is 0 Å². The van der Waals surface area contributed by atoms with E-state index in [2.05, 4.69) is 45.0 Å². The Morgan fingerprint density at radius 2 is 1.26 bits per heavy atom. The molecule has 212 valence electrons. The molecule has 0 fully saturated rings. The summed E-state index contributed by atoms with van der Waals surface area (Å²) >= 11 is 0. The molecule has 0 aliphatic heterocycles. The first kappa shape index (κ1) is 37.1. The number of ether oxygens (including phenoxy) is 2. The minimum absolute atomic E-state index is 0.176. The minimum Gasteiger partial charge on any atom is -0.478 e. The van der Waals surface area contributed by atoms with E-state index in [9.17, 15) is 14.4 Å². The lowest BCUT2D eigenvalue weighted by Crippen LogP contribution is -2.46. The third-order valence-electron chi connectivity index (χ3n) is 4.75. The van der Waals surface area contributed by atoms with E-state index in [1.54, 1.807) is 26.8 Å². The fourth-order valence-electron chi connectivity index (χ4n) is 2.38. The van der Waals surface area contributed by atoms with Crippen LogP contribution in [-0.4, -0.2) is 67.5 Å². The van der Waals surface area contributed by atoms with E-state index < -0.39 is 28.8 Å². The average molecular weight is 567 g/mol. The number of hydrogen-bond donors (Lipinski definition) is 1. The van der Waals surface area contributed by atoms with Gasteiger partial charge in [0, 0.05) is 38.0 Å². The first-order chi connectivity index (χ1) is 17.5. The van der Waals surface area contributed by atoms with E-state index in [1.165, 1.54) is 33.4 Å². The standard InChI is InChI=1S/C13H18O2Si.C10H18O5Si.C4H6O2/c1-11(2)13(14)15-10-16(3,4)12-8-6-5-7-9-12;1-7-9(15-10(11)8(2)3)16(12-4,13-5)14-6;1-3(2)4(5)6/h5-9H,1,10H2,2-4H3;7H,2H2,1,3-6H3;1H2,2H3,(H,5,6). The summed E-state index contributed by atoms with van der Waals surface area (Å²) in [6, 6.07) is 10.2. The van der Waals surface area contributed by atoms with Gasteiger partial charge in [-0.25, -0.2) is 14.4 Å². The topological polar surface area (TPSA) is 118 Å². The summed E-state index contributed by atoms with van der Waals surface area (Å²) in [4.78, 5) is 32.3. The lowest BCUT2D eigenvalue weighted by Gasteiger charge is -2.25. The number of allylic oxidation sites excluding steroid dienone is 1. The highest BCUT2D eigenvalue weighted by Gasteiger charge is 2.46. The van der Waals surface area contributed by atoms with Crippen molar-refractivity contribution in [2.75, 3.05) is 27.6 Å². The van der Waals surface area contributed by atoms with Crippen molar-refractivity contribution in [2.45, 2.75) is 40.8 Å². The zero-order valence-corrected chi connectivity index (χ0v) is 26.0. The summed E-state index contributed by atoms with van der Waals surface area (Å²) in [6.45, 7) is 21.0. The molecule has 0 aromatic heterocycles. The summed E-state index contributed by atoms with van der Waals surface area (Å²) in [5, 5.41) is 9.44. The van der Waals surface area contributed by atoms with Crippen LogP contribution in [0.25, 0.3) is 0 Å². The Kier molecular flexibility index (Phi) is 17.8. The van der Waals surface area contributed by atoms with Crippen molar-refractivity contribution in [1.29, 1.82) is 0 Å². The molecular formula is C27H42O9Si2. The van der Waals surface area contributed by atoms with Gasteiger partial charge < -0.3 is 27.9 Å². The summed E-state index contributed by atoms with van der Waals surface area (Å²) in [5.41, 5.74) is 0.929. The molecule has 1 rings (SSSR count). The van der Waals surface area contributed by atoms with Gasteiger partial charge in [-0.2, -0.15) is 0 Å². The zero-order chi connectivity index (χ0) is 30.1. The van der Waals surface area contributed by atoms with Crippen molar-refractivity contribution in [3.05, 3.63) is 78.2 Å². The van der Waals surface area contributed by atoms with Crippen LogP contribution in [0.3, 0.4) is 0 Å². The maximum Gasteiger partial charge on any atom is 0.573 e. The van der Waals surface area contributed by atoms with Crippen molar-refractivity contribution in [1.82, 2.24) is 0 Å². The number of aliphatic carboxylic acids is 1. The highest BCUT2D eigenvalue weighted by molar-refractivity contribution is 6.89. The zero-order valence-electron chi connectivity index (χ0n) is 24.0. The van der Waals surface area contributed by atoms with Crippen molar-refractivity contribution >= 4 is 40.0 Å². The molecular weight excluding hydrogens is 524 g/mol. The summed E-state index contributed by atoms with van der Waals surface area (Å²) in [6.07, 6.45) is 2.09. The third kappa shape index (κ3) is 13.4. The molecule has 0 unspecified atom stereocenters. The Hall–Kier alpha value is -3.10. The summed E-state index contributed by atoms with van der Waals surface area (Å²) < 4.78 is 25.9. The fraction of sp³-hybridized carbons (Fsp3) is 0.370. The number of esters is 2. The predicted octanol–water partition coefficient (Wildman–Crippen LogP) is 4.33. The number of carboxylic acid groups (broad SMARTS) is 1. The molecule has 38 heavy (non-hydrogen) atoms. The Balaban J connectivity index is 0. The van der Waals surface area contributed by atoms with Gasteiger partial charge in [0.25, 0.3) is 0 Å². The molecule has 0 amide bonds.